The lowest BCUT2D eigenvalue weighted by Crippen LogP contribution is -2.43. The molecule has 0 aromatic heterocycles. The van der Waals surface area contributed by atoms with Crippen molar-refractivity contribution >= 4 is 21.6 Å². The van der Waals surface area contributed by atoms with E-state index in [0.717, 1.165) is 25.7 Å². The first kappa shape index (κ1) is 18.6. The molecule has 1 aliphatic rings. The zero-order chi connectivity index (χ0) is 18.6. The minimum atomic E-state index is -3.60. The second-order valence-corrected chi connectivity index (χ2v) is 8.41. The highest BCUT2D eigenvalue weighted by atomic mass is 32.2. The standard InChI is InChI=1S/C20H24N2O3S/c1-2-18-12-6-7-14-22(18)26(24,25)19-13-8-9-16(15-19)20(23)21-17-10-4-3-5-11-17/h3-5,8-11,13,15,18H,2,6-7,12,14H2,1H3,(H,21,23). The Morgan fingerprint density at radius 3 is 2.62 bits per heavy atom. The summed E-state index contributed by atoms with van der Waals surface area (Å²) in [6.45, 7) is 2.56. The molecular formula is C20H24N2O3S. The van der Waals surface area contributed by atoms with E-state index in [2.05, 4.69) is 5.32 Å². The molecule has 1 unspecified atom stereocenters. The fraction of sp³-hybridized carbons (Fsp3) is 0.350. The van der Waals surface area contributed by atoms with Crippen LogP contribution in [-0.2, 0) is 10.0 Å². The van der Waals surface area contributed by atoms with Crippen molar-refractivity contribution in [2.24, 2.45) is 0 Å². The molecule has 1 saturated heterocycles. The number of carbonyl (C=O) groups excluding carboxylic acids is 1. The maximum Gasteiger partial charge on any atom is 0.255 e. The molecule has 1 atom stereocenters. The molecule has 1 fully saturated rings. The largest absolute Gasteiger partial charge is 0.322 e. The van der Waals surface area contributed by atoms with Crippen LogP contribution in [0.1, 0.15) is 43.0 Å². The number of anilines is 1. The van der Waals surface area contributed by atoms with Gasteiger partial charge in [-0.25, -0.2) is 8.42 Å². The molecule has 0 spiro atoms. The van der Waals surface area contributed by atoms with E-state index in [9.17, 15) is 13.2 Å². The lowest BCUT2D eigenvalue weighted by Gasteiger charge is -2.34. The van der Waals surface area contributed by atoms with E-state index in [1.165, 1.54) is 6.07 Å². The molecule has 2 aromatic carbocycles. The molecule has 5 nitrogen and oxygen atoms in total. The number of para-hydroxylation sites is 1. The molecule has 0 radical (unpaired) electrons. The summed E-state index contributed by atoms with van der Waals surface area (Å²) in [5, 5.41) is 2.79. The average Bonchev–Trinajstić information content (AvgIpc) is 2.68. The Balaban J connectivity index is 1.85. The molecule has 0 aliphatic carbocycles. The van der Waals surface area contributed by atoms with Crippen LogP contribution in [0.25, 0.3) is 0 Å². The Bertz CT molecular complexity index is 866. The zero-order valence-electron chi connectivity index (χ0n) is 14.9. The van der Waals surface area contributed by atoms with Crippen LogP contribution in [0, 0.1) is 0 Å². The van der Waals surface area contributed by atoms with Crippen LogP contribution < -0.4 is 5.32 Å². The van der Waals surface area contributed by atoms with Crippen LogP contribution in [-0.4, -0.2) is 31.2 Å². The third-order valence-corrected chi connectivity index (χ3v) is 6.73. The number of piperidine rings is 1. The van der Waals surface area contributed by atoms with Crippen molar-refractivity contribution in [1.29, 1.82) is 0 Å². The van der Waals surface area contributed by atoms with Crippen molar-refractivity contribution in [1.82, 2.24) is 4.31 Å². The predicted octanol–water partition coefficient (Wildman–Crippen LogP) is 3.89. The lowest BCUT2D eigenvalue weighted by atomic mass is 10.0. The molecule has 1 N–H and O–H groups in total. The number of carbonyl (C=O) groups is 1. The van der Waals surface area contributed by atoms with Gasteiger partial charge in [0.1, 0.15) is 0 Å². The molecule has 26 heavy (non-hydrogen) atoms. The summed E-state index contributed by atoms with van der Waals surface area (Å²) in [4.78, 5) is 12.6. The summed E-state index contributed by atoms with van der Waals surface area (Å²) in [5.74, 6) is -0.320. The highest BCUT2D eigenvalue weighted by Crippen LogP contribution is 2.27. The van der Waals surface area contributed by atoms with Crippen molar-refractivity contribution < 1.29 is 13.2 Å². The Morgan fingerprint density at radius 2 is 1.88 bits per heavy atom. The van der Waals surface area contributed by atoms with Gasteiger partial charge in [0.25, 0.3) is 5.91 Å². The van der Waals surface area contributed by atoms with E-state index in [1.807, 2.05) is 25.1 Å². The van der Waals surface area contributed by atoms with Crippen LogP contribution in [0.5, 0.6) is 0 Å². The van der Waals surface area contributed by atoms with Gasteiger partial charge >= 0.3 is 0 Å². The van der Waals surface area contributed by atoms with Gasteiger partial charge in [0.2, 0.25) is 10.0 Å². The second kappa shape index (κ2) is 8.01. The number of amides is 1. The molecule has 138 valence electrons. The van der Waals surface area contributed by atoms with Gasteiger partial charge in [-0.3, -0.25) is 4.79 Å². The van der Waals surface area contributed by atoms with Gasteiger partial charge < -0.3 is 5.32 Å². The van der Waals surface area contributed by atoms with Gasteiger partial charge in [0, 0.05) is 23.8 Å². The maximum absolute atomic E-state index is 13.1. The first-order valence-electron chi connectivity index (χ1n) is 9.00. The van der Waals surface area contributed by atoms with Crippen LogP contribution >= 0.6 is 0 Å². The van der Waals surface area contributed by atoms with E-state index in [1.54, 1.807) is 34.6 Å². The lowest BCUT2D eigenvalue weighted by molar-refractivity contribution is 0.102. The van der Waals surface area contributed by atoms with Crippen molar-refractivity contribution in [2.45, 2.75) is 43.5 Å². The Hall–Kier alpha value is -2.18. The Kier molecular flexibility index (Phi) is 5.74. The van der Waals surface area contributed by atoms with Gasteiger partial charge in [-0.1, -0.05) is 37.6 Å². The van der Waals surface area contributed by atoms with Crippen molar-refractivity contribution in [3.05, 3.63) is 60.2 Å². The van der Waals surface area contributed by atoms with Gasteiger partial charge in [0.05, 0.1) is 4.90 Å². The minimum Gasteiger partial charge on any atom is -0.322 e. The molecule has 0 saturated carbocycles. The highest BCUT2D eigenvalue weighted by Gasteiger charge is 2.32. The number of rotatable bonds is 5. The number of sulfonamides is 1. The molecule has 1 heterocycles. The SMILES string of the molecule is CCC1CCCCN1S(=O)(=O)c1cccc(C(=O)Nc2ccccc2)c1. The first-order valence-corrected chi connectivity index (χ1v) is 10.4. The summed E-state index contributed by atoms with van der Waals surface area (Å²) in [6.07, 6.45) is 3.63. The summed E-state index contributed by atoms with van der Waals surface area (Å²) in [6, 6.07) is 15.4. The summed E-state index contributed by atoms with van der Waals surface area (Å²) >= 11 is 0. The molecule has 3 rings (SSSR count). The topological polar surface area (TPSA) is 66.5 Å². The van der Waals surface area contributed by atoms with E-state index in [0.29, 0.717) is 17.8 Å². The quantitative estimate of drug-likeness (QED) is 0.866. The average molecular weight is 372 g/mol. The number of benzene rings is 2. The van der Waals surface area contributed by atoms with Crippen molar-refractivity contribution in [3.63, 3.8) is 0 Å². The van der Waals surface area contributed by atoms with Gasteiger partial charge in [0.15, 0.2) is 0 Å². The van der Waals surface area contributed by atoms with Gasteiger partial charge in [-0.05, 0) is 49.6 Å². The summed E-state index contributed by atoms with van der Waals surface area (Å²) in [5.41, 5.74) is 1.01. The number of nitrogens with zero attached hydrogens (tertiary/aromatic N) is 1. The van der Waals surface area contributed by atoms with E-state index >= 15 is 0 Å². The van der Waals surface area contributed by atoms with Crippen molar-refractivity contribution in [2.75, 3.05) is 11.9 Å². The molecule has 6 heteroatoms. The predicted molar refractivity (Wildman–Crippen MR) is 103 cm³/mol. The Morgan fingerprint density at radius 1 is 1.12 bits per heavy atom. The van der Waals surface area contributed by atoms with Crippen molar-refractivity contribution in [3.8, 4) is 0 Å². The van der Waals surface area contributed by atoms with E-state index in [4.69, 9.17) is 0 Å². The highest BCUT2D eigenvalue weighted by molar-refractivity contribution is 7.89. The fourth-order valence-electron chi connectivity index (χ4n) is 3.36. The molecule has 0 bridgehead atoms. The van der Waals surface area contributed by atoms with Crippen LogP contribution in [0.4, 0.5) is 5.69 Å². The fourth-order valence-corrected chi connectivity index (χ4v) is 5.17. The van der Waals surface area contributed by atoms with E-state index in [-0.39, 0.29) is 16.8 Å². The maximum atomic E-state index is 13.1. The number of hydrogen-bond donors (Lipinski definition) is 1. The first-order chi connectivity index (χ1) is 12.5. The third-order valence-electron chi connectivity index (χ3n) is 4.78. The molecule has 2 aromatic rings. The van der Waals surface area contributed by atoms with E-state index < -0.39 is 10.0 Å². The smallest absolute Gasteiger partial charge is 0.255 e. The number of nitrogens with one attached hydrogen (secondary N) is 1. The molecular weight excluding hydrogens is 348 g/mol. The molecule has 1 amide bonds. The van der Waals surface area contributed by atoms with Gasteiger partial charge in [-0.15, -0.1) is 0 Å². The Labute approximate surface area is 155 Å². The third kappa shape index (κ3) is 3.97. The summed E-state index contributed by atoms with van der Waals surface area (Å²) < 4.78 is 27.8. The van der Waals surface area contributed by atoms with Crippen LogP contribution in [0.3, 0.4) is 0 Å². The molecule has 1 aliphatic heterocycles. The van der Waals surface area contributed by atoms with Crippen LogP contribution in [0.15, 0.2) is 59.5 Å². The van der Waals surface area contributed by atoms with Gasteiger partial charge in [-0.2, -0.15) is 4.31 Å². The van der Waals surface area contributed by atoms with Crippen LogP contribution in [0.2, 0.25) is 0 Å². The minimum absolute atomic E-state index is 0.0375. The second-order valence-electron chi connectivity index (χ2n) is 6.52. The zero-order valence-corrected chi connectivity index (χ0v) is 15.7. The number of hydrogen-bond acceptors (Lipinski definition) is 3. The monoisotopic (exact) mass is 372 g/mol. The normalized spacial score (nSPS) is 18.4. The summed E-state index contributed by atoms with van der Waals surface area (Å²) in [7, 11) is -3.60.